The molecule has 2 saturated heterocycles. The molecule has 3 aliphatic rings. The number of carbonyl (C=O) groups is 1. The van der Waals surface area contributed by atoms with Gasteiger partial charge in [-0.05, 0) is 44.3 Å². The summed E-state index contributed by atoms with van der Waals surface area (Å²) in [6.45, 7) is 4.67. The number of aromatic nitrogens is 2. The van der Waals surface area contributed by atoms with Crippen molar-refractivity contribution in [1.29, 1.82) is 0 Å². The molecule has 0 bridgehead atoms. The van der Waals surface area contributed by atoms with Crippen LogP contribution in [0.3, 0.4) is 0 Å². The number of likely N-dealkylation sites (tertiary alicyclic amines) is 1. The van der Waals surface area contributed by atoms with E-state index in [1.807, 2.05) is 0 Å². The Bertz CT molecular complexity index is 1290. The van der Waals surface area contributed by atoms with E-state index in [9.17, 15) is 9.90 Å². The first-order chi connectivity index (χ1) is 18.1. The van der Waals surface area contributed by atoms with Crippen molar-refractivity contribution in [2.24, 2.45) is 0 Å². The predicted molar refractivity (Wildman–Crippen MR) is 142 cm³/mol. The van der Waals surface area contributed by atoms with Gasteiger partial charge in [0.1, 0.15) is 6.61 Å². The van der Waals surface area contributed by atoms with Crippen LogP contribution in [0.25, 0.3) is 10.8 Å². The summed E-state index contributed by atoms with van der Waals surface area (Å²) in [6.07, 6.45) is 2.11. The van der Waals surface area contributed by atoms with Gasteiger partial charge in [0.05, 0.1) is 24.0 Å². The van der Waals surface area contributed by atoms with E-state index >= 15 is 0 Å². The van der Waals surface area contributed by atoms with Gasteiger partial charge >= 0.3 is 12.1 Å². The molecule has 9 nitrogen and oxygen atoms in total. The monoisotopic (exact) mass is 502 g/mol. The minimum absolute atomic E-state index is 0.349. The lowest BCUT2D eigenvalue weighted by atomic mass is 9.96. The fraction of sp³-hybridized carbons (Fsp3) is 0.464. The van der Waals surface area contributed by atoms with Crippen LogP contribution in [0.15, 0.2) is 42.5 Å². The number of hydrogen-bond donors (Lipinski definition) is 2. The Hall–Kier alpha value is -3.43. The Labute approximate surface area is 217 Å². The van der Waals surface area contributed by atoms with Crippen molar-refractivity contribution < 1.29 is 14.6 Å². The molecule has 0 spiro atoms. The molecule has 194 valence electrons. The van der Waals surface area contributed by atoms with Gasteiger partial charge in [-0.25, -0.2) is 4.79 Å². The number of fused-ring (bicyclic) bond motifs is 2. The van der Waals surface area contributed by atoms with Crippen LogP contribution >= 0.6 is 0 Å². The van der Waals surface area contributed by atoms with E-state index < -0.39 is 6.09 Å². The quantitative estimate of drug-likeness (QED) is 0.549. The number of benzene rings is 2. The van der Waals surface area contributed by atoms with Crippen LogP contribution in [0.1, 0.15) is 35.8 Å². The minimum atomic E-state index is -0.915. The molecule has 9 heteroatoms. The number of hydrogen-bond acceptors (Lipinski definition) is 7. The predicted octanol–water partition coefficient (Wildman–Crippen LogP) is 3.29. The number of likely N-dealkylation sites (N-methyl/N-ethyl adjacent to an activating group) is 1. The lowest BCUT2D eigenvalue weighted by molar-refractivity contribution is 0.110. The van der Waals surface area contributed by atoms with Crippen molar-refractivity contribution in [1.82, 2.24) is 25.1 Å². The lowest BCUT2D eigenvalue weighted by Crippen LogP contribution is -2.49. The highest BCUT2D eigenvalue weighted by Gasteiger charge is 2.34. The van der Waals surface area contributed by atoms with Crippen LogP contribution in [-0.2, 0) is 13.0 Å². The summed E-state index contributed by atoms with van der Waals surface area (Å²) < 4.78 is 6.20. The highest BCUT2D eigenvalue weighted by atomic mass is 16.5. The zero-order valence-electron chi connectivity index (χ0n) is 21.3. The molecule has 2 N–H and O–H groups in total. The normalized spacial score (nSPS) is 22.3. The van der Waals surface area contributed by atoms with Gasteiger partial charge in [-0.2, -0.15) is 9.97 Å². The van der Waals surface area contributed by atoms with Gasteiger partial charge in [-0.1, -0.05) is 36.4 Å². The second-order valence-electron chi connectivity index (χ2n) is 10.3. The van der Waals surface area contributed by atoms with E-state index in [4.69, 9.17) is 14.7 Å². The molecule has 2 atom stereocenters. The molecule has 1 unspecified atom stereocenters. The maximum atomic E-state index is 12.1. The van der Waals surface area contributed by atoms with Gasteiger partial charge in [0.2, 0.25) is 0 Å². The van der Waals surface area contributed by atoms with Crippen LogP contribution in [0.4, 0.5) is 10.5 Å². The van der Waals surface area contributed by atoms with Crippen LogP contribution < -0.4 is 15.0 Å². The molecular formula is C28H34N6O3. The van der Waals surface area contributed by atoms with E-state index in [-0.39, 0.29) is 6.04 Å². The molecule has 1 amide bonds. The summed E-state index contributed by atoms with van der Waals surface area (Å²) >= 11 is 0. The summed E-state index contributed by atoms with van der Waals surface area (Å²) in [5.41, 5.74) is 3.95. The topological polar surface area (TPSA) is 94.1 Å². The summed E-state index contributed by atoms with van der Waals surface area (Å²) in [6, 6.07) is 15.2. The van der Waals surface area contributed by atoms with Crippen LogP contribution in [0.5, 0.6) is 6.01 Å². The lowest BCUT2D eigenvalue weighted by Gasteiger charge is -2.37. The van der Waals surface area contributed by atoms with Crippen LogP contribution in [0, 0.1) is 0 Å². The Balaban J connectivity index is 1.36. The van der Waals surface area contributed by atoms with Gasteiger partial charge in [-0.3, -0.25) is 4.90 Å². The molecule has 37 heavy (non-hydrogen) atoms. The number of rotatable bonds is 5. The van der Waals surface area contributed by atoms with Crippen LogP contribution in [0.2, 0.25) is 0 Å². The fourth-order valence-electron chi connectivity index (χ4n) is 6.00. The molecular weight excluding hydrogens is 468 g/mol. The largest absolute Gasteiger partial charge is 0.465 e. The minimum Gasteiger partial charge on any atom is -0.465 e. The van der Waals surface area contributed by atoms with E-state index in [1.54, 1.807) is 0 Å². The summed E-state index contributed by atoms with van der Waals surface area (Å²) in [7, 11) is 2.13. The first-order valence-electron chi connectivity index (χ1n) is 13.2. The number of carboxylic acid groups (broad SMARTS) is 1. The van der Waals surface area contributed by atoms with E-state index in [0.717, 1.165) is 42.9 Å². The van der Waals surface area contributed by atoms with Crippen molar-refractivity contribution in [3.8, 4) is 6.01 Å². The third kappa shape index (κ3) is 4.69. The van der Waals surface area contributed by atoms with E-state index in [1.165, 1.54) is 27.8 Å². The van der Waals surface area contributed by atoms with Gasteiger partial charge in [0.25, 0.3) is 0 Å². The van der Waals surface area contributed by atoms with E-state index in [0.29, 0.717) is 44.8 Å². The summed E-state index contributed by atoms with van der Waals surface area (Å²) in [4.78, 5) is 28.0. The Morgan fingerprint density at radius 3 is 2.84 bits per heavy atom. The Morgan fingerprint density at radius 2 is 2.00 bits per heavy atom. The average Bonchev–Trinajstić information content (AvgIpc) is 3.35. The van der Waals surface area contributed by atoms with Crippen molar-refractivity contribution >= 4 is 22.6 Å². The molecule has 0 radical (unpaired) electrons. The van der Waals surface area contributed by atoms with Crippen LogP contribution in [-0.4, -0.2) is 83.4 Å². The number of amides is 1. The zero-order valence-corrected chi connectivity index (χ0v) is 21.3. The van der Waals surface area contributed by atoms with Crippen molar-refractivity contribution in [3.05, 3.63) is 59.4 Å². The molecule has 1 aromatic heterocycles. The number of ether oxygens (including phenoxy) is 1. The number of nitrogens with zero attached hydrogens (tertiary/aromatic N) is 5. The molecule has 2 aromatic carbocycles. The molecule has 6 rings (SSSR count). The molecule has 0 saturated carbocycles. The van der Waals surface area contributed by atoms with Crippen molar-refractivity contribution in [3.63, 3.8) is 0 Å². The van der Waals surface area contributed by atoms with Crippen molar-refractivity contribution in [2.45, 2.75) is 37.9 Å². The summed E-state index contributed by atoms with van der Waals surface area (Å²) in [5, 5.41) is 15.7. The van der Waals surface area contributed by atoms with Crippen molar-refractivity contribution in [2.75, 3.05) is 51.3 Å². The highest BCUT2D eigenvalue weighted by molar-refractivity contribution is 5.94. The Morgan fingerprint density at radius 1 is 1.14 bits per heavy atom. The molecule has 3 aliphatic heterocycles. The maximum absolute atomic E-state index is 12.1. The first kappa shape index (κ1) is 23.9. The zero-order chi connectivity index (χ0) is 25.4. The maximum Gasteiger partial charge on any atom is 0.407 e. The third-order valence-electron chi connectivity index (χ3n) is 8.06. The highest BCUT2D eigenvalue weighted by Crippen LogP contribution is 2.34. The second-order valence-corrected chi connectivity index (χ2v) is 10.3. The average molecular weight is 503 g/mol. The van der Waals surface area contributed by atoms with Gasteiger partial charge in [0.15, 0.2) is 0 Å². The number of nitrogens with one attached hydrogen (secondary N) is 1. The number of anilines is 1. The van der Waals surface area contributed by atoms with Gasteiger partial charge in [-0.15, -0.1) is 0 Å². The SMILES string of the molecule is CN1CCC[C@H]1COc1nc2c(c(C3CNCCN3C(=O)O)n1)CCN(c1cccc3ccccc13)C2. The standard InChI is InChI=1S/C28H34N6O3/c1-32-13-5-8-20(32)18-37-27-30-23-17-33(24-10-4-7-19-6-2-3-9-21(19)24)14-11-22(23)26(31-27)25-16-29-12-15-34(25)28(35)36/h2-4,6-7,9-10,20,25,29H,5,8,11-18H2,1H3,(H,35,36)/t20-,25?/m0/s1. The Kier molecular flexibility index (Phi) is 6.56. The third-order valence-corrected chi connectivity index (χ3v) is 8.06. The van der Waals surface area contributed by atoms with Gasteiger partial charge < -0.3 is 25.0 Å². The molecule has 2 fully saturated rings. The summed E-state index contributed by atoms with van der Waals surface area (Å²) in [5.74, 6) is 0. The second kappa shape index (κ2) is 10.1. The first-order valence-corrected chi connectivity index (χ1v) is 13.2. The van der Waals surface area contributed by atoms with Gasteiger partial charge in [0, 0.05) is 48.9 Å². The smallest absolute Gasteiger partial charge is 0.407 e. The molecule has 0 aliphatic carbocycles. The molecule has 4 heterocycles. The number of piperazine rings is 1. The molecule has 3 aromatic rings. The van der Waals surface area contributed by atoms with E-state index in [2.05, 4.69) is 64.6 Å². The fourth-order valence-corrected chi connectivity index (χ4v) is 6.00.